The summed E-state index contributed by atoms with van der Waals surface area (Å²) in [7, 11) is 0. The van der Waals surface area contributed by atoms with Gasteiger partial charge in [0.2, 0.25) is 0 Å². The molecule has 31 heteroatoms. The van der Waals surface area contributed by atoms with Crippen LogP contribution in [0.1, 0.15) is 226 Å². The molecule has 0 atom stereocenters. The van der Waals surface area contributed by atoms with E-state index in [1.54, 1.807) is 55.6 Å². The predicted molar refractivity (Wildman–Crippen MR) is 345 cm³/mol. The Kier molecular flexibility index (Phi) is 73.9. The lowest BCUT2D eigenvalue weighted by atomic mass is 10.2. The molecule has 0 radical (unpaired) electrons. The molecule has 0 spiro atoms. The lowest BCUT2D eigenvalue weighted by Crippen LogP contribution is -1.85. The largest absolute Gasteiger partial charge is 0.365 e. The first kappa shape index (κ1) is 90.6. The summed E-state index contributed by atoms with van der Waals surface area (Å²) in [6.07, 6.45) is 22.1. The van der Waals surface area contributed by atoms with Gasteiger partial charge in [0.15, 0.2) is 12.7 Å². The van der Waals surface area contributed by atoms with Gasteiger partial charge < -0.3 is 13.6 Å². The lowest BCUT2D eigenvalue weighted by Gasteiger charge is -1.92. The van der Waals surface area contributed by atoms with Crippen LogP contribution in [0.15, 0.2) is 122 Å². The average Bonchev–Trinajstić information content (AvgIpc) is 4.36. The molecule has 0 amide bonds. The Labute approximate surface area is 530 Å². The molecule has 0 aliphatic carbocycles. The highest BCUT2D eigenvalue weighted by molar-refractivity contribution is 7.05. The fraction of sp³-hybridized carbons (Fsp3) is 0.643. The van der Waals surface area contributed by atoms with Crippen LogP contribution < -0.4 is 0 Å². The van der Waals surface area contributed by atoms with Crippen LogP contribution in [0, 0.1) is 35.5 Å². The summed E-state index contributed by atoms with van der Waals surface area (Å²) in [5, 5.41) is 54.0. The van der Waals surface area contributed by atoms with Gasteiger partial charge in [0.1, 0.15) is 23.2 Å². The molecule has 10 rings (SSSR count). The summed E-state index contributed by atoms with van der Waals surface area (Å²) in [6, 6.07) is 3.56. The molecule has 10 aromatic heterocycles. The molecule has 28 nitrogen and oxygen atoms in total. The highest BCUT2D eigenvalue weighted by Crippen LogP contribution is 2.12. The standard InChI is InChI=1S/C5H8N2O.C5H8N2S.C4H7N3O.C4H7N3S.C4H4N2.6C4H10.C3H4N2.C3H3NO.C2H2N2O.CHN3O.CHN3S/c2*1-4(2)5-3-6-8-7-5;2*1-3(2)4-5-6-7-8-4;1-2-6-4-3-5-1;6*1-4(2)3;2*1-2-4-5-3-1;1-2-5-4-3-1;2*1-2-4-5-3-1/h2*3-4H,1-2H3;2*3H,1-2H3;1-4H;6*4H,1-3H3;1-3H,(H,4,5);1-3H;1-2H;2*1H. The summed E-state index contributed by atoms with van der Waals surface area (Å²) >= 11 is 3.73. The molecule has 0 aromatic carbocycles. The molecule has 0 aliphatic rings. The molecule has 492 valence electrons. The lowest BCUT2D eigenvalue weighted by molar-refractivity contribution is 0.292. The molecular formula is C56H105N23O5S3. The van der Waals surface area contributed by atoms with Crippen molar-refractivity contribution in [1.82, 2.24) is 115 Å². The Hall–Kier alpha value is -7.54. The van der Waals surface area contributed by atoms with E-state index in [9.17, 15) is 0 Å². The molecule has 10 aromatic rings. The third kappa shape index (κ3) is 101. The molecular weight excluding hydrogens is 1170 g/mol. The van der Waals surface area contributed by atoms with Gasteiger partial charge >= 0.3 is 0 Å². The predicted octanol–water partition coefficient (Wildman–Crippen LogP) is 15.5. The summed E-state index contributed by atoms with van der Waals surface area (Å²) in [6.45, 7) is 55.4. The molecule has 0 bridgehead atoms. The van der Waals surface area contributed by atoms with E-state index in [1.807, 2.05) is 40.0 Å². The Balaban J connectivity index is -0.000000203. The van der Waals surface area contributed by atoms with E-state index in [-0.39, 0.29) is 5.92 Å². The summed E-state index contributed by atoms with van der Waals surface area (Å²) < 4.78 is 40.0. The van der Waals surface area contributed by atoms with Crippen molar-refractivity contribution in [2.75, 3.05) is 0 Å². The molecule has 10 heterocycles. The smallest absolute Gasteiger partial charge is 0.250 e. The first-order chi connectivity index (χ1) is 41.1. The number of aromatic amines is 1. The van der Waals surface area contributed by atoms with E-state index in [2.05, 4.69) is 290 Å². The van der Waals surface area contributed by atoms with Crippen molar-refractivity contribution in [3.8, 4) is 0 Å². The van der Waals surface area contributed by atoms with Crippen molar-refractivity contribution in [2.45, 2.75) is 204 Å². The van der Waals surface area contributed by atoms with Crippen molar-refractivity contribution in [1.29, 1.82) is 0 Å². The van der Waals surface area contributed by atoms with Crippen LogP contribution >= 0.6 is 35.0 Å². The molecule has 0 saturated carbocycles. The molecule has 0 unspecified atom stereocenters. The van der Waals surface area contributed by atoms with E-state index in [0.717, 1.165) is 63.6 Å². The average molecular weight is 1280 g/mol. The third-order valence-electron chi connectivity index (χ3n) is 5.53. The van der Waals surface area contributed by atoms with Gasteiger partial charge in [-0.25, -0.2) is 9.26 Å². The van der Waals surface area contributed by atoms with Crippen molar-refractivity contribution in [2.24, 2.45) is 35.5 Å². The summed E-state index contributed by atoms with van der Waals surface area (Å²) in [5.74, 6) is 7.28. The van der Waals surface area contributed by atoms with Crippen molar-refractivity contribution in [3.63, 3.8) is 0 Å². The van der Waals surface area contributed by atoms with Crippen LogP contribution in [0.25, 0.3) is 0 Å². The van der Waals surface area contributed by atoms with Gasteiger partial charge in [-0.2, -0.15) is 18.2 Å². The molecule has 0 saturated heterocycles. The maximum absolute atomic E-state index is 4.62. The first-order valence-corrected chi connectivity index (χ1v) is 30.5. The third-order valence-corrected chi connectivity index (χ3v) is 7.27. The van der Waals surface area contributed by atoms with Crippen LogP contribution in [0.4, 0.5) is 0 Å². The fourth-order valence-corrected chi connectivity index (χ4v) is 3.77. The molecule has 0 fully saturated rings. The second-order valence-electron chi connectivity index (χ2n) is 22.0. The highest BCUT2D eigenvalue weighted by Gasteiger charge is 2.04. The van der Waals surface area contributed by atoms with Gasteiger partial charge in [-0.3, -0.25) is 15.1 Å². The van der Waals surface area contributed by atoms with E-state index in [1.165, 1.54) is 54.6 Å². The second kappa shape index (κ2) is 70.9. The first-order valence-electron chi connectivity index (χ1n) is 28.3. The SMILES string of the molecule is CC(C)C.CC(C)C.CC(C)C.CC(C)C.CC(C)C.CC(C)C.CC(C)c1cnon1.CC(C)c1cnsn1.CC(C)c1nnno1.CC(C)c1nnns1.c1cn[nH]c1.c1cnccn1.c1cnoc1.c1conn1.c1nnon1.c1nnsn1. The van der Waals surface area contributed by atoms with Crippen molar-refractivity contribution in [3.05, 3.63) is 122 Å². The van der Waals surface area contributed by atoms with Crippen LogP contribution in [-0.4, -0.2) is 115 Å². The minimum atomic E-state index is 0.282. The van der Waals surface area contributed by atoms with E-state index < -0.39 is 0 Å². The number of hydrogen-bond donors (Lipinski definition) is 1. The topological polar surface area (TPSA) is 365 Å². The molecule has 87 heavy (non-hydrogen) atoms. The number of nitrogens with zero attached hydrogens (tertiary/aromatic N) is 22. The normalized spacial score (nSPS) is 9.15. The summed E-state index contributed by atoms with van der Waals surface area (Å²) in [4.78, 5) is 7.44. The van der Waals surface area contributed by atoms with Gasteiger partial charge in [-0.1, -0.05) is 215 Å². The van der Waals surface area contributed by atoms with Crippen LogP contribution in [0.3, 0.4) is 0 Å². The zero-order chi connectivity index (χ0) is 67.3. The zero-order valence-corrected chi connectivity index (χ0v) is 59.1. The molecule has 1 N–H and O–H groups in total. The van der Waals surface area contributed by atoms with E-state index in [4.69, 9.17) is 0 Å². The minimum absolute atomic E-state index is 0.282. The van der Waals surface area contributed by atoms with Gasteiger partial charge in [-0.15, -0.1) is 15.3 Å². The highest BCUT2D eigenvalue weighted by atomic mass is 32.1. The van der Waals surface area contributed by atoms with Crippen LogP contribution in [-0.2, 0) is 0 Å². The zero-order valence-electron chi connectivity index (χ0n) is 56.6. The van der Waals surface area contributed by atoms with Crippen molar-refractivity contribution >= 4 is 35.0 Å². The number of aromatic nitrogens is 23. The van der Waals surface area contributed by atoms with Crippen LogP contribution in [0.5, 0.6) is 0 Å². The van der Waals surface area contributed by atoms with Gasteiger partial charge in [0.05, 0.1) is 64.5 Å². The molecule has 0 aliphatic heterocycles. The van der Waals surface area contributed by atoms with Crippen molar-refractivity contribution < 1.29 is 22.8 Å². The number of nitrogens with one attached hydrogen (secondary N) is 1. The Morgan fingerprint density at radius 3 is 1.16 bits per heavy atom. The number of hydrogen-bond acceptors (Lipinski definition) is 30. The number of H-pyrrole nitrogens is 1. The maximum Gasteiger partial charge on any atom is 0.250 e. The van der Waals surface area contributed by atoms with E-state index >= 15 is 0 Å². The Bertz CT molecular complexity index is 1990. The minimum Gasteiger partial charge on any atom is -0.365 e. The Morgan fingerprint density at radius 2 is 1.00 bits per heavy atom. The summed E-state index contributed by atoms with van der Waals surface area (Å²) in [5.41, 5.74) is 2.00. The fourth-order valence-electron chi connectivity index (χ4n) is 2.57. The quantitative estimate of drug-likeness (QED) is 0.171. The van der Waals surface area contributed by atoms with Gasteiger partial charge in [0, 0.05) is 71.7 Å². The second-order valence-corrected chi connectivity index (χ2v) is 23.9. The van der Waals surface area contributed by atoms with Gasteiger partial charge in [-0.05, 0) is 69.1 Å². The maximum atomic E-state index is 4.62. The monoisotopic (exact) mass is 1280 g/mol. The van der Waals surface area contributed by atoms with E-state index in [0.29, 0.717) is 23.6 Å². The number of rotatable bonds is 4. The van der Waals surface area contributed by atoms with Gasteiger partial charge in [0.25, 0.3) is 5.89 Å². The Morgan fingerprint density at radius 1 is 0.425 bits per heavy atom. The van der Waals surface area contributed by atoms with Crippen LogP contribution in [0.2, 0.25) is 0 Å².